The fraction of sp³-hybridized carbons (Fsp3) is 0.333. The molecular formula is C3H15AlN4O4. The smallest absolute Gasteiger partial charge is 0.300 e. The van der Waals surface area contributed by atoms with E-state index >= 15 is 0 Å². The van der Waals surface area contributed by atoms with Gasteiger partial charge >= 0.3 is 0 Å². The van der Waals surface area contributed by atoms with Crippen molar-refractivity contribution in [2.75, 3.05) is 0 Å². The Morgan fingerprint density at radius 2 is 1.42 bits per heavy atom. The van der Waals surface area contributed by atoms with E-state index in [1.807, 2.05) is 0 Å². The van der Waals surface area contributed by atoms with Crippen molar-refractivity contribution >= 4 is 29.3 Å². The predicted molar refractivity (Wildman–Crippen MR) is 46.1 cm³/mol. The van der Waals surface area contributed by atoms with Crippen molar-refractivity contribution in [2.24, 2.45) is 11.5 Å². The van der Waals surface area contributed by atoms with Crippen molar-refractivity contribution in [3.8, 4) is 0 Å². The number of carboxylic acid groups (broad SMARTS) is 1. The van der Waals surface area contributed by atoms with Crippen LogP contribution in [0, 0.1) is 5.41 Å². The normalized spacial score (nSPS) is 5.58. The molecule has 0 atom stereocenters. The SMILES string of the molecule is CC(=O)O.N=C(N)N.ONO.[AlH3]. The van der Waals surface area contributed by atoms with E-state index in [1.165, 1.54) is 0 Å². The lowest BCUT2D eigenvalue weighted by Gasteiger charge is -1.69. The van der Waals surface area contributed by atoms with Gasteiger partial charge in [-0.3, -0.25) is 20.6 Å². The topological polar surface area (TPSA) is 166 Å². The summed E-state index contributed by atoms with van der Waals surface area (Å²) in [6.07, 6.45) is 0. The van der Waals surface area contributed by atoms with Crippen LogP contribution in [0.2, 0.25) is 0 Å². The van der Waals surface area contributed by atoms with E-state index in [0.29, 0.717) is 0 Å². The van der Waals surface area contributed by atoms with Crippen LogP contribution in [0.4, 0.5) is 0 Å². The molecule has 0 fully saturated rings. The van der Waals surface area contributed by atoms with E-state index in [2.05, 4.69) is 11.5 Å². The Kier molecular flexibility index (Phi) is 42.1. The number of nitrogens with two attached hydrogens (primary N) is 2. The summed E-state index contributed by atoms with van der Waals surface area (Å²) in [5, 5.41) is 27.2. The second kappa shape index (κ2) is 22.5. The molecular weight excluding hydrogens is 183 g/mol. The van der Waals surface area contributed by atoms with Gasteiger partial charge in [-0.25, -0.2) is 0 Å². The number of aliphatic carboxylic acids is 1. The van der Waals surface area contributed by atoms with Gasteiger partial charge < -0.3 is 16.6 Å². The van der Waals surface area contributed by atoms with Gasteiger partial charge in [-0.05, 0) is 0 Å². The minimum absolute atomic E-state index is 0. The first-order valence-electron chi connectivity index (χ1n) is 2.20. The summed E-state index contributed by atoms with van der Waals surface area (Å²) in [4.78, 5) is 9.00. The quantitative estimate of drug-likeness (QED) is 0.0948. The molecule has 0 radical (unpaired) electrons. The number of carboxylic acids is 1. The van der Waals surface area contributed by atoms with Gasteiger partial charge in [0, 0.05) is 6.92 Å². The standard InChI is InChI=1S/C2H4O2.CH5N3.Al.H3NO2.3H/c1-2(3)4;2-1(3)4;;2-1-3;;;/h1H3,(H,3,4);(H5,2,3,4);;1-3H;;;. The second-order valence-corrected chi connectivity index (χ2v) is 1.07. The molecule has 0 aromatic rings. The van der Waals surface area contributed by atoms with Crippen molar-refractivity contribution in [1.82, 2.24) is 5.64 Å². The number of nitrogens with one attached hydrogen (secondary N) is 2. The number of guanidine groups is 1. The Hall–Kier alpha value is -0.848. The number of carbonyl (C=O) groups is 1. The Bertz CT molecular complexity index is 90.5. The van der Waals surface area contributed by atoms with Crippen LogP contribution in [0.1, 0.15) is 6.92 Å². The van der Waals surface area contributed by atoms with Crippen LogP contribution in [0.15, 0.2) is 0 Å². The maximum absolute atomic E-state index is 9.00. The Labute approximate surface area is 79.7 Å². The van der Waals surface area contributed by atoms with E-state index < -0.39 is 5.97 Å². The van der Waals surface area contributed by atoms with Gasteiger partial charge in [0.2, 0.25) is 0 Å². The van der Waals surface area contributed by atoms with Crippen molar-refractivity contribution in [1.29, 1.82) is 5.41 Å². The van der Waals surface area contributed by atoms with Crippen LogP contribution in [-0.2, 0) is 4.79 Å². The zero-order valence-corrected chi connectivity index (χ0v) is 5.90. The molecule has 0 aromatic carbocycles. The molecule has 0 unspecified atom stereocenters. The predicted octanol–water partition coefficient (Wildman–Crippen LogP) is -2.90. The minimum atomic E-state index is -0.833. The Morgan fingerprint density at radius 3 is 1.42 bits per heavy atom. The van der Waals surface area contributed by atoms with Gasteiger partial charge in [0.05, 0.1) is 0 Å². The summed E-state index contributed by atoms with van der Waals surface area (Å²) < 4.78 is 0. The number of hydrogen-bond donors (Lipinski definition) is 7. The molecule has 0 aromatic heterocycles. The molecule has 0 aliphatic rings. The van der Waals surface area contributed by atoms with Gasteiger partial charge in [-0.2, -0.15) is 0 Å². The molecule has 0 saturated carbocycles. The monoisotopic (exact) mass is 198 g/mol. The van der Waals surface area contributed by atoms with E-state index in [-0.39, 0.29) is 23.3 Å². The molecule has 0 aliphatic carbocycles. The second-order valence-electron chi connectivity index (χ2n) is 1.07. The summed E-state index contributed by atoms with van der Waals surface area (Å²) in [5.74, 6) is -1.17. The van der Waals surface area contributed by atoms with Gasteiger partial charge in [0.15, 0.2) is 23.3 Å². The highest BCUT2D eigenvalue weighted by molar-refractivity contribution is 5.75. The fourth-order valence-corrected chi connectivity index (χ4v) is 0. The molecule has 0 bridgehead atoms. The number of hydrogen-bond acceptors (Lipinski definition) is 5. The maximum Gasteiger partial charge on any atom is 0.300 e. The lowest BCUT2D eigenvalue weighted by Crippen LogP contribution is -2.20. The highest BCUT2D eigenvalue weighted by Gasteiger charge is 1.65. The van der Waals surface area contributed by atoms with Gasteiger partial charge in [-0.1, -0.05) is 5.64 Å². The summed E-state index contributed by atoms with van der Waals surface area (Å²) in [6, 6.07) is 0. The molecule has 12 heavy (non-hydrogen) atoms. The van der Waals surface area contributed by atoms with Crippen molar-refractivity contribution in [3.05, 3.63) is 0 Å². The first-order valence-corrected chi connectivity index (χ1v) is 2.20. The summed E-state index contributed by atoms with van der Waals surface area (Å²) >= 11 is 0. The summed E-state index contributed by atoms with van der Waals surface area (Å²) in [6.45, 7) is 1.08. The summed E-state index contributed by atoms with van der Waals surface area (Å²) in [5.41, 5.74) is 9.69. The molecule has 74 valence electrons. The molecule has 0 heterocycles. The third-order valence-corrected chi connectivity index (χ3v) is 0. The van der Waals surface area contributed by atoms with Gasteiger partial charge in [-0.15, -0.1) is 0 Å². The van der Waals surface area contributed by atoms with Crippen LogP contribution in [-0.4, -0.2) is 44.8 Å². The highest BCUT2D eigenvalue weighted by Crippen LogP contribution is 1.42. The Morgan fingerprint density at radius 1 is 1.42 bits per heavy atom. The van der Waals surface area contributed by atoms with Crippen LogP contribution in [0.5, 0.6) is 0 Å². The molecule has 0 spiro atoms. The largest absolute Gasteiger partial charge is 0.481 e. The first kappa shape index (κ1) is 22.5. The lowest BCUT2D eigenvalue weighted by atomic mass is 10.9. The zero-order valence-electron chi connectivity index (χ0n) is 5.90. The van der Waals surface area contributed by atoms with E-state index in [9.17, 15) is 0 Å². The first-order chi connectivity index (χ1) is 4.88. The molecule has 0 saturated heterocycles. The third-order valence-electron chi connectivity index (χ3n) is 0. The van der Waals surface area contributed by atoms with E-state index in [1.54, 1.807) is 0 Å². The van der Waals surface area contributed by atoms with Crippen molar-refractivity contribution in [2.45, 2.75) is 6.92 Å². The van der Waals surface area contributed by atoms with Gasteiger partial charge in [0.1, 0.15) is 0 Å². The maximum atomic E-state index is 9.00. The average Bonchev–Trinajstić information content (AvgIpc) is 1.60. The van der Waals surface area contributed by atoms with E-state index in [0.717, 1.165) is 12.6 Å². The van der Waals surface area contributed by atoms with Crippen LogP contribution < -0.4 is 17.1 Å². The molecule has 0 aliphatic heterocycles. The molecule has 0 amide bonds. The molecule has 0 rings (SSSR count). The zero-order chi connectivity index (χ0) is 9.86. The average molecular weight is 198 g/mol. The Balaban J connectivity index is -0.0000000389. The summed E-state index contributed by atoms with van der Waals surface area (Å²) in [7, 11) is 0. The molecule has 9 heteroatoms. The minimum Gasteiger partial charge on any atom is -0.481 e. The number of rotatable bonds is 0. The van der Waals surface area contributed by atoms with Crippen molar-refractivity contribution < 1.29 is 20.3 Å². The highest BCUT2D eigenvalue weighted by atomic mass is 27.0. The van der Waals surface area contributed by atoms with Crippen LogP contribution >= 0.6 is 0 Å². The van der Waals surface area contributed by atoms with Crippen LogP contribution in [0.3, 0.4) is 0 Å². The lowest BCUT2D eigenvalue weighted by molar-refractivity contribution is -0.134. The van der Waals surface area contributed by atoms with E-state index in [4.69, 9.17) is 25.7 Å². The molecule has 8 nitrogen and oxygen atoms in total. The van der Waals surface area contributed by atoms with Crippen molar-refractivity contribution in [3.63, 3.8) is 0 Å². The molecule has 9 N–H and O–H groups in total. The fourth-order valence-electron chi connectivity index (χ4n) is 0. The van der Waals surface area contributed by atoms with Crippen LogP contribution in [0.25, 0.3) is 0 Å². The van der Waals surface area contributed by atoms with Gasteiger partial charge in [0.25, 0.3) is 5.97 Å². The third kappa shape index (κ3) is 847.